The molecule has 0 aliphatic heterocycles. The average molecular weight is 450 g/mol. The Labute approximate surface area is 180 Å². The van der Waals surface area contributed by atoms with Crippen molar-refractivity contribution < 1.29 is 13.2 Å². The molecule has 2 heterocycles. The number of nitrogens with zero attached hydrogens (tertiary/aromatic N) is 5. The molecule has 30 heavy (non-hydrogen) atoms. The van der Waals surface area contributed by atoms with E-state index < -0.39 is 10.0 Å². The lowest BCUT2D eigenvalue weighted by Gasteiger charge is -2.18. The molecular formula is C20H27N5O3S2. The van der Waals surface area contributed by atoms with Gasteiger partial charge in [-0.05, 0) is 25.1 Å². The van der Waals surface area contributed by atoms with Crippen LogP contribution in [0, 0.1) is 0 Å². The first-order chi connectivity index (χ1) is 14.3. The molecule has 3 rings (SSSR count). The van der Waals surface area contributed by atoms with Crippen molar-refractivity contribution in [1.82, 2.24) is 18.4 Å². The van der Waals surface area contributed by atoms with E-state index >= 15 is 0 Å². The monoisotopic (exact) mass is 449 g/mol. The fourth-order valence-corrected chi connectivity index (χ4v) is 5.62. The van der Waals surface area contributed by atoms with Crippen molar-refractivity contribution >= 4 is 38.3 Å². The van der Waals surface area contributed by atoms with Crippen LogP contribution in [0.25, 0.3) is 11.0 Å². The van der Waals surface area contributed by atoms with Crippen molar-refractivity contribution in [3.63, 3.8) is 0 Å². The second-order valence-electron chi connectivity index (χ2n) is 6.81. The van der Waals surface area contributed by atoms with Gasteiger partial charge in [0.15, 0.2) is 4.80 Å². The number of imidazole rings is 1. The highest BCUT2D eigenvalue weighted by molar-refractivity contribution is 7.89. The number of hydrogen-bond acceptors (Lipinski definition) is 5. The van der Waals surface area contributed by atoms with Crippen LogP contribution in [0.1, 0.15) is 33.0 Å². The molecule has 162 valence electrons. The summed E-state index contributed by atoms with van der Waals surface area (Å²) in [5, 5.41) is 1.88. The number of aryl methyl sites for hydroxylation is 3. The quantitative estimate of drug-likeness (QED) is 0.529. The molecule has 0 radical (unpaired) electrons. The van der Waals surface area contributed by atoms with Crippen LogP contribution in [-0.4, -0.2) is 45.8 Å². The van der Waals surface area contributed by atoms with E-state index in [0.717, 1.165) is 11.3 Å². The molecule has 0 N–H and O–H groups in total. The summed E-state index contributed by atoms with van der Waals surface area (Å²) in [7, 11) is -1.70. The van der Waals surface area contributed by atoms with E-state index in [0.29, 0.717) is 36.4 Å². The molecule has 3 aromatic rings. The lowest BCUT2D eigenvalue weighted by atomic mass is 10.3. The summed E-state index contributed by atoms with van der Waals surface area (Å²) in [5.41, 5.74) is 1.48. The van der Waals surface area contributed by atoms with Crippen molar-refractivity contribution in [2.75, 3.05) is 13.1 Å². The number of rotatable bonds is 8. The third-order valence-electron chi connectivity index (χ3n) is 5.00. The largest absolute Gasteiger partial charge is 0.328 e. The maximum Gasteiger partial charge on any atom is 0.248 e. The molecule has 0 saturated heterocycles. The minimum atomic E-state index is -3.55. The molecule has 2 aromatic heterocycles. The normalized spacial score (nSPS) is 12.9. The second-order valence-corrected chi connectivity index (χ2v) is 9.63. The van der Waals surface area contributed by atoms with E-state index in [9.17, 15) is 13.2 Å². The maximum atomic E-state index is 12.8. The first-order valence-electron chi connectivity index (χ1n) is 9.98. The van der Waals surface area contributed by atoms with E-state index in [1.807, 2.05) is 48.5 Å². The lowest BCUT2D eigenvalue weighted by Crippen LogP contribution is -2.30. The van der Waals surface area contributed by atoms with Crippen LogP contribution >= 0.6 is 11.3 Å². The van der Waals surface area contributed by atoms with E-state index in [4.69, 9.17) is 0 Å². The number of carbonyl (C=O) groups excluding carboxylic acids is 1. The van der Waals surface area contributed by atoms with Crippen LogP contribution in [0.15, 0.2) is 39.7 Å². The Balaban J connectivity index is 1.89. The predicted octanol–water partition coefficient (Wildman–Crippen LogP) is 2.55. The summed E-state index contributed by atoms with van der Waals surface area (Å²) in [6.45, 7) is 7.16. The highest BCUT2D eigenvalue weighted by Gasteiger charge is 2.23. The fraction of sp³-hybridized carbons (Fsp3) is 0.450. The number of carbonyl (C=O) groups is 1. The Morgan fingerprint density at radius 2 is 1.97 bits per heavy atom. The van der Waals surface area contributed by atoms with Crippen LogP contribution in [0.5, 0.6) is 0 Å². The zero-order chi connectivity index (χ0) is 21.9. The summed E-state index contributed by atoms with van der Waals surface area (Å²) >= 11 is 1.41. The van der Waals surface area contributed by atoms with Crippen LogP contribution in [0.3, 0.4) is 0 Å². The summed E-state index contributed by atoms with van der Waals surface area (Å²) in [6, 6.07) is 5.05. The van der Waals surface area contributed by atoms with Crippen molar-refractivity contribution in [2.45, 2.75) is 45.1 Å². The van der Waals surface area contributed by atoms with Gasteiger partial charge in [0.05, 0.1) is 15.9 Å². The molecule has 0 aliphatic carbocycles. The molecule has 0 unspecified atom stereocenters. The maximum absolute atomic E-state index is 12.8. The summed E-state index contributed by atoms with van der Waals surface area (Å²) in [5.74, 6) is 0.552. The number of thiazole rings is 1. The van der Waals surface area contributed by atoms with Gasteiger partial charge in [-0.2, -0.15) is 9.30 Å². The van der Waals surface area contributed by atoms with Crippen molar-refractivity contribution in [1.29, 1.82) is 0 Å². The Morgan fingerprint density at radius 1 is 1.23 bits per heavy atom. The fourth-order valence-electron chi connectivity index (χ4n) is 3.39. The molecule has 0 aliphatic rings. The van der Waals surface area contributed by atoms with Gasteiger partial charge in [-0.3, -0.25) is 4.79 Å². The van der Waals surface area contributed by atoms with Crippen molar-refractivity contribution in [3.8, 4) is 0 Å². The summed E-state index contributed by atoms with van der Waals surface area (Å²) in [4.78, 5) is 22.0. The van der Waals surface area contributed by atoms with Gasteiger partial charge in [0, 0.05) is 51.1 Å². The number of hydrogen-bond donors (Lipinski definition) is 0. The van der Waals surface area contributed by atoms with Crippen LogP contribution in [0.4, 0.5) is 0 Å². The van der Waals surface area contributed by atoms with Crippen LogP contribution in [-0.2, 0) is 34.8 Å². The Kier molecular flexibility index (Phi) is 6.89. The number of amides is 1. The van der Waals surface area contributed by atoms with E-state index in [-0.39, 0.29) is 17.2 Å². The van der Waals surface area contributed by atoms with Crippen LogP contribution < -0.4 is 4.80 Å². The number of benzene rings is 1. The van der Waals surface area contributed by atoms with E-state index in [2.05, 4.69) is 9.98 Å². The molecule has 0 fully saturated rings. The minimum absolute atomic E-state index is 0.201. The zero-order valence-electron chi connectivity index (χ0n) is 17.7. The molecule has 10 heteroatoms. The molecule has 0 spiro atoms. The van der Waals surface area contributed by atoms with Gasteiger partial charge < -0.3 is 9.13 Å². The topological polar surface area (TPSA) is 89.6 Å². The number of fused-ring (bicyclic) bond motifs is 1. The Bertz CT molecular complexity index is 1220. The number of sulfonamides is 1. The first-order valence-corrected chi connectivity index (χ1v) is 12.3. The SMILES string of the molecule is CCN(CC)S(=O)(=O)c1ccc2c(c1)nc(CCC(=O)N=c1sccn1C)n2CC. The van der Waals surface area contributed by atoms with Crippen LogP contribution in [0.2, 0.25) is 0 Å². The smallest absolute Gasteiger partial charge is 0.248 e. The second kappa shape index (κ2) is 9.23. The number of aromatic nitrogens is 3. The molecule has 1 aromatic carbocycles. The van der Waals surface area contributed by atoms with Gasteiger partial charge >= 0.3 is 0 Å². The van der Waals surface area contributed by atoms with Gasteiger partial charge in [-0.15, -0.1) is 11.3 Å². The molecule has 8 nitrogen and oxygen atoms in total. The molecule has 0 atom stereocenters. The molecule has 0 bridgehead atoms. The highest BCUT2D eigenvalue weighted by Crippen LogP contribution is 2.23. The molecular weight excluding hydrogens is 422 g/mol. The zero-order valence-corrected chi connectivity index (χ0v) is 19.3. The minimum Gasteiger partial charge on any atom is -0.328 e. The third-order valence-corrected chi connectivity index (χ3v) is 7.89. The molecule has 1 amide bonds. The average Bonchev–Trinajstić information content (AvgIpc) is 3.29. The van der Waals surface area contributed by atoms with E-state index in [1.165, 1.54) is 15.6 Å². The summed E-state index contributed by atoms with van der Waals surface area (Å²) < 4.78 is 30.9. The van der Waals surface area contributed by atoms with Gasteiger partial charge in [-0.25, -0.2) is 13.4 Å². The summed E-state index contributed by atoms with van der Waals surface area (Å²) in [6.07, 6.45) is 2.54. The third kappa shape index (κ3) is 4.40. The highest BCUT2D eigenvalue weighted by atomic mass is 32.2. The Morgan fingerprint density at radius 3 is 2.57 bits per heavy atom. The van der Waals surface area contributed by atoms with E-state index in [1.54, 1.807) is 18.2 Å². The van der Waals surface area contributed by atoms with Gasteiger partial charge in [0.1, 0.15) is 5.82 Å². The van der Waals surface area contributed by atoms with Crippen molar-refractivity contribution in [2.24, 2.45) is 12.0 Å². The van der Waals surface area contributed by atoms with Crippen molar-refractivity contribution in [3.05, 3.63) is 40.4 Å². The molecule has 0 saturated carbocycles. The lowest BCUT2D eigenvalue weighted by molar-refractivity contribution is -0.118. The predicted molar refractivity (Wildman–Crippen MR) is 118 cm³/mol. The van der Waals surface area contributed by atoms with Gasteiger partial charge in [-0.1, -0.05) is 13.8 Å². The van der Waals surface area contributed by atoms with Gasteiger partial charge in [0.2, 0.25) is 15.9 Å². The standard InChI is InChI=1S/C20H27N5O3S2/c1-5-24(6-2)30(27,28)15-8-9-17-16(14-15)21-18(25(17)7-3)10-11-19(26)22-20-23(4)12-13-29-20/h8-9,12-14H,5-7,10-11H2,1-4H3. The van der Waals surface area contributed by atoms with Gasteiger partial charge in [0.25, 0.3) is 0 Å². The Hall–Kier alpha value is -2.30. The first kappa shape index (κ1) is 22.4.